The first-order valence-corrected chi connectivity index (χ1v) is 9.02. The third-order valence-corrected chi connectivity index (χ3v) is 4.02. The molecule has 0 radical (unpaired) electrons. The van der Waals surface area contributed by atoms with Gasteiger partial charge in [0.25, 0.3) is 11.6 Å². The van der Waals surface area contributed by atoms with Gasteiger partial charge < -0.3 is 14.8 Å². The fourth-order valence-corrected chi connectivity index (χ4v) is 2.65. The van der Waals surface area contributed by atoms with Crippen molar-refractivity contribution in [2.75, 3.05) is 11.9 Å². The van der Waals surface area contributed by atoms with E-state index in [4.69, 9.17) is 9.47 Å². The van der Waals surface area contributed by atoms with Crippen LogP contribution < -0.4 is 10.1 Å². The molecule has 0 unspecified atom stereocenters. The van der Waals surface area contributed by atoms with Crippen molar-refractivity contribution in [2.45, 2.75) is 6.42 Å². The number of nitrogens with one attached hydrogen (secondary N) is 1. The molecular formula is C22H18N2O6. The third kappa shape index (κ3) is 5.65. The molecule has 0 aliphatic heterocycles. The van der Waals surface area contributed by atoms with Gasteiger partial charge in [-0.2, -0.15) is 0 Å². The average Bonchev–Trinajstić information content (AvgIpc) is 2.75. The number of nitro groups is 1. The van der Waals surface area contributed by atoms with E-state index in [-0.39, 0.29) is 17.7 Å². The van der Waals surface area contributed by atoms with Gasteiger partial charge in [-0.05, 0) is 24.3 Å². The molecule has 0 aromatic heterocycles. The molecule has 0 atom stereocenters. The maximum absolute atomic E-state index is 12.2. The lowest BCUT2D eigenvalue weighted by Gasteiger charge is -2.12. The lowest BCUT2D eigenvalue weighted by atomic mass is 10.1. The van der Waals surface area contributed by atoms with E-state index in [1.165, 1.54) is 18.2 Å². The van der Waals surface area contributed by atoms with Crippen LogP contribution in [-0.2, 0) is 20.7 Å². The van der Waals surface area contributed by atoms with Crippen molar-refractivity contribution >= 4 is 23.3 Å². The highest BCUT2D eigenvalue weighted by molar-refractivity contribution is 5.94. The Hall–Kier alpha value is -4.20. The summed E-state index contributed by atoms with van der Waals surface area (Å²) in [7, 11) is 0. The summed E-state index contributed by atoms with van der Waals surface area (Å²) in [6, 6.07) is 21.8. The van der Waals surface area contributed by atoms with Crippen molar-refractivity contribution in [3.8, 4) is 11.5 Å². The second-order valence-electron chi connectivity index (χ2n) is 6.18. The Bertz CT molecular complexity index is 1050. The van der Waals surface area contributed by atoms with E-state index in [0.717, 1.165) is 0 Å². The fraction of sp³-hybridized carbons (Fsp3) is 0.0909. The van der Waals surface area contributed by atoms with Crippen LogP contribution >= 0.6 is 0 Å². The van der Waals surface area contributed by atoms with Gasteiger partial charge in [-0.1, -0.05) is 48.5 Å². The number of amides is 1. The topological polar surface area (TPSA) is 108 Å². The number of hydrogen-bond acceptors (Lipinski definition) is 6. The van der Waals surface area contributed by atoms with Crippen LogP contribution in [0.25, 0.3) is 0 Å². The van der Waals surface area contributed by atoms with Crippen LogP contribution in [0.15, 0.2) is 78.9 Å². The molecule has 0 aliphatic rings. The van der Waals surface area contributed by atoms with Gasteiger partial charge in [0.05, 0.1) is 17.0 Å². The molecule has 3 rings (SSSR count). The van der Waals surface area contributed by atoms with E-state index < -0.39 is 23.4 Å². The maximum Gasteiger partial charge on any atom is 0.311 e. The van der Waals surface area contributed by atoms with Crippen LogP contribution in [0.1, 0.15) is 5.56 Å². The highest BCUT2D eigenvalue weighted by Crippen LogP contribution is 2.29. The number of nitro benzene ring substituents is 1. The lowest BCUT2D eigenvalue weighted by molar-refractivity contribution is -0.385. The zero-order valence-electron chi connectivity index (χ0n) is 15.8. The number of carbonyl (C=O) groups is 2. The number of ether oxygens (including phenoxy) is 2. The van der Waals surface area contributed by atoms with E-state index in [9.17, 15) is 19.7 Å². The van der Waals surface area contributed by atoms with Gasteiger partial charge in [0.1, 0.15) is 5.75 Å². The molecule has 1 N–H and O–H groups in total. The summed E-state index contributed by atoms with van der Waals surface area (Å²) in [5, 5.41) is 13.6. The van der Waals surface area contributed by atoms with E-state index in [1.807, 2.05) is 18.2 Å². The number of para-hydroxylation sites is 4. The van der Waals surface area contributed by atoms with Gasteiger partial charge in [-0.15, -0.1) is 0 Å². The molecule has 8 nitrogen and oxygen atoms in total. The molecule has 0 spiro atoms. The van der Waals surface area contributed by atoms with Crippen LogP contribution in [0.4, 0.5) is 11.4 Å². The first-order valence-electron chi connectivity index (χ1n) is 9.02. The first kappa shape index (κ1) is 20.5. The zero-order chi connectivity index (χ0) is 21.3. The molecule has 3 aromatic rings. The standard InChI is InChI=1S/C22H18N2O6/c25-21(15-29-22(26)14-16-8-4-6-12-19(16)24(27)28)23-18-11-5-7-13-20(18)30-17-9-2-1-3-10-17/h1-13H,14-15H2,(H,23,25). The monoisotopic (exact) mass is 406 g/mol. The molecule has 0 saturated heterocycles. The van der Waals surface area contributed by atoms with Gasteiger partial charge in [-0.3, -0.25) is 19.7 Å². The SMILES string of the molecule is O=C(COC(=O)Cc1ccccc1[N+](=O)[O-])Nc1ccccc1Oc1ccccc1. The van der Waals surface area contributed by atoms with Crippen LogP contribution in [-0.4, -0.2) is 23.4 Å². The van der Waals surface area contributed by atoms with Crippen molar-refractivity contribution in [1.82, 2.24) is 0 Å². The highest BCUT2D eigenvalue weighted by Gasteiger charge is 2.17. The number of benzene rings is 3. The molecule has 0 aliphatic carbocycles. The lowest BCUT2D eigenvalue weighted by Crippen LogP contribution is -2.22. The summed E-state index contributed by atoms with van der Waals surface area (Å²) in [5.41, 5.74) is 0.460. The summed E-state index contributed by atoms with van der Waals surface area (Å²) in [6.07, 6.45) is -0.307. The number of rotatable bonds is 8. The molecule has 8 heteroatoms. The van der Waals surface area contributed by atoms with Gasteiger partial charge in [0.15, 0.2) is 12.4 Å². The predicted octanol–water partition coefficient (Wildman–Crippen LogP) is 4.11. The minimum atomic E-state index is -0.742. The number of hydrogen-bond donors (Lipinski definition) is 1. The molecule has 0 bridgehead atoms. The fourth-order valence-electron chi connectivity index (χ4n) is 2.65. The molecule has 3 aromatic carbocycles. The van der Waals surface area contributed by atoms with E-state index in [1.54, 1.807) is 42.5 Å². The second-order valence-corrected chi connectivity index (χ2v) is 6.18. The number of anilines is 1. The normalized spacial score (nSPS) is 10.1. The van der Waals surface area contributed by atoms with Crippen LogP contribution in [0.5, 0.6) is 11.5 Å². The van der Waals surface area contributed by atoms with Crippen LogP contribution in [0.3, 0.4) is 0 Å². The van der Waals surface area contributed by atoms with Crippen molar-refractivity contribution in [2.24, 2.45) is 0 Å². The minimum Gasteiger partial charge on any atom is -0.455 e. The van der Waals surface area contributed by atoms with Crippen molar-refractivity contribution in [3.05, 3.63) is 94.5 Å². The van der Waals surface area contributed by atoms with Gasteiger partial charge >= 0.3 is 5.97 Å². The van der Waals surface area contributed by atoms with Gasteiger partial charge in [0, 0.05) is 11.6 Å². The van der Waals surface area contributed by atoms with Crippen LogP contribution in [0.2, 0.25) is 0 Å². The minimum absolute atomic E-state index is 0.175. The largest absolute Gasteiger partial charge is 0.455 e. The number of nitrogens with zero attached hydrogens (tertiary/aromatic N) is 1. The van der Waals surface area contributed by atoms with Crippen molar-refractivity contribution < 1.29 is 24.0 Å². The van der Waals surface area contributed by atoms with E-state index >= 15 is 0 Å². The Balaban J connectivity index is 1.56. The Labute approximate surface area is 172 Å². The Morgan fingerprint density at radius 3 is 2.33 bits per heavy atom. The number of esters is 1. The Morgan fingerprint density at radius 2 is 1.57 bits per heavy atom. The number of carbonyl (C=O) groups excluding carboxylic acids is 2. The summed E-state index contributed by atoms with van der Waals surface area (Å²) in [5.74, 6) is -0.262. The summed E-state index contributed by atoms with van der Waals surface area (Å²) >= 11 is 0. The molecule has 0 heterocycles. The predicted molar refractivity (Wildman–Crippen MR) is 109 cm³/mol. The first-order chi connectivity index (χ1) is 14.5. The Morgan fingerprint density at radius 1 is 0.900 bits per heavy atom. The quantitative estimate of drug-likeness (QED) is 0.343. The zero-order valence-corrected chi connectivity index (χ0v) is 15.8. The van der Waals surface area contributed by atoms with Crippen molar-refractivity contribution in [1.29, 1.82) is 0 Å². The molecule has 0 fully saturated rings. The van der Waals surface area contributed by atoms with Crippen molar-refractivity contribution in [3.63, 3.8) is 0 Å². The second kappa shape index (κ2) is 9.83. The molecule has 152 valence electrons. The molecule has 0 saturated carbocycles. The van der Waals surface area contributed by atoms with E-state index in [2.05, 4.69) is 5.32 Å². The van der Waals surface area contributed by atoms with Gasteiger partial charge in [-0.25, -0.2) is 0 Å². The molecule has 1 amide bonds. The summed E-state index contributed by atoms with van der Waals surface area (Å²) < 4.78 is 10.7. The third-order valence-electron chi connectivity index (χ3n) is 4.02. The van der Waals surface area contributed by atoms with E-state index in [0.29, 0.717) is 17.2 Å². The smallest absolute Gasteiger partial charge is 0.311 e. The van der Waals surface area contributed by atoms with Crippen LogP contribution in [0, 0.1) is 10.1 Å². The average molecular weight is 406 g/mol. The summed E-state index contributed by atoms with van der Waals surface area (Å²) in [4.78, 5) is 34.6. The molecule has 30 heavy (non-hydrogen) atoms. The summed E-state index contributed by atoms with van der Waals surface area (Å²) in [6.45, 7) is -0.529. The molecular weight excluding hydrogens is 388 g/mol. The van der Waals surface area contributed by atoms with Gasteiger partial charge in [0.2, 0.25) is 0 Å². The Kier molecular flexibility index (Phi) is 6.73. The highest BCUT2D eigenvalue weighted by atomic mass is 16.6. The maximum atomic E-state index is 12.2.